The summed E-state index contributed by atoms with van der Waals surface area (Å²) < 4.78 is 1.47. The number of hydrogen-bond acceptors (Lipinski definition) is 5. The Kier molecular flexibility index (Phi) is 13.4. The molecule has 1 heterocycles. The highest BCUT2D eigenvalue weighted by Gasteiger charge is 2.32. The molecule has 0 aliphatic heterocycles. The number of benzene rings is 2. The molecule has 4 rings (SSSR count). The Morgan fingerprint density at radius 2 is 1.81 bits per heavy atom. The van der Waals surface area contributed by atoms with Crippen LogP contribution in [-0.2, 0) is 13.6 Å². The van der Waals surface area contributed by atoms with Gasteiger partial charge >= 0.3 is 5.97 Å². The number of rotatable bonds is 6. The highest BCUT2D eigenvalue weighted by atomic mass is 35.5. The summed E-state index contributed by atoms with van der Waals surface area (Å²) in [6.07, 6.45) is 5.44. The number of carboxylic acids is 1. The fourth-order valence-electron chi connectivity index (χ4n) is 4.04. The van der Waals surface area contributed by atoms with Gasteiger partial charge in [0.15, 0.2) is 0 Å². The topological polar surface area (TPSA) is 110 Å². The van der Waals surface area contributed by atoms with Gasteiger partial charge in [-0.1, -0.05) is 64.8 Å². The minimum absolute atomic E-state index is 0.169. The molecule has 1 aromatic heterocycles. The standard InChI is InChI=1S/C18H16ClN3O3.C7H15N.2C2H6/c1-10-21-16-11(7-12(19)8-14(16)17(23)22(10)2)9-20-15-6-4-3-5-13(15)18(24)25;1-2-7(6-8)4-3-5-7;2*1-2/h3-8,20H,9H2,1-2H3,(H,24,25);2-6,8H2,1H3;2*1-2H3. The molecule has 0 unspecified atom stereocenters. The van der Waals surface area contributed by atoms with Crippen LogP contribution in [0.5, 0.6) is 0 Å². The molecule has 0 atom stereocenters. The van der Waals surface area contributed by atoms with Gasteiger partial charge in [0, 0.05) is 24.3 Å². The van der Waals surface area contributed by atoms with Crippen LogP contribution in [0.25, 0.3) is 10.9 Å². The number of nitrogens with one attached hydrogen (secondary N) is 1. The third-order valence-corrected chi connectivity index (χ3v) is 6.89. The Bertz CT molecular complexity index is 1210. The van der Waals surface area contributed by atoms with E-state index in [0.29, 0.717) is 39.4 Å². The maximum absolute atomic E-state index is 12.4. The number of aromatic nitrogens is 2. The van der Waals surface area contributed by atoms with E-state index in [1.165, 1.54) is 36.3 Å². The maximum Gasteiger partial charge on any atom is 0.337 e. The Hall–Kier alpha value is -2.90. The first-order valence-electron chi connectivity index (χ1n) is 13.1. The zero-order valence-electron chi connectivity index (χ0n) is 23.3. The number of aromatic carboxylic acids is 1. The highest BCUT2D eigenvalue weighted by molar-refractivity contribution is 6.31. The molecule has 37 heavy (non-hydrogen) atoms. The molecule has 0 spiro atoms. The molecule has 7 nitrogen and oxygen atoms in total. The Morgan fingerprint density at radius 1 is 1.19 bits per heavy atom. The van der Waals surface area contributed by atoms with Crippen molar-refractivity contribution in [3.8, 4) is 0 Å². The van der Waals surface area contributed by atoms with Crippen molar-refractivity contribution in [1.82, 2.24) is 9.55 Å². The van der Waals surface area contributed by atoms with Gasteiger partial charge in [-0.05, 0) is 68.0 Å². The van der Waals surface area contributed by atoms with Crippen molar-refractivity contribution in [2.45, 2.75) is 73.8 Å². The second-order valence-corrected chi connectivity index (χ2v) is 9.04. The molecule has 0 saturated heterocycles. The molecule has 3 aromatic rings. The summed E-state index contributed by atoms with van der Waals surface area (Å²) in [4.78, 5) is 28.2. The second-order valence-electron chi connectivity index (χ2n) is 8.60. The van der Waals surface area contributed by atoms with E-state index in [4.69, 9.17) is 17.3 Å². The first kappa shape index (κ1) is 32.1. The summed E-state index contributed by atoms with van der Waals surface area (Å²) in [5, 5.41) is 13.2. The van der Waals surface area contributed by atoms with E-state index < -0.39 is 5.97 Å². The van der Waals surface area contributed by atoms with Gasteiger partial charge in [-0.25, -0.2) is 9.78 Å². The number of carbonyl (C=O) groups is 1. The number of para-hydroxylation sites is 1. The van der Waals surface area contributed by atoms with Gasteiger partial charge in [0.25, 0.3) is 5.56 Å². The van der Waals surface area contributed by atoms with Crippen molar-refractivity contribution in [2.75, 3.05) is 11.9 Å². The number of hydrogen-bond donors (Lipinski definition) is 3. The van der Waals surface area contributed by atoms with Crippen LogP contribution >= 0.6 is 11.6 Å². The molecular weight excluding hydrogens is 488 g/mol. The predicted octanol–water partition coefficient (Wildman–Crippen LogP) is 6.78. The summed E-state index contributed by atoms with van der Waals surface area (Å²) in [6, 6.07) is 9.96. The van der Waals surface area contributed by atoms with Gasteiger partial charge in [-0.2, -0.15) is 0 Å². The Labute approximate surface area is 226 Å². The molecular formula is C29H43ClN4O3. The van der Waals surface area contributed by atoms with E-state index in [0.717, 1.165) is 12.1 Å². The van der Waals surface area contributed by atoms with Crippen LogP contribution in [0.4, 0.5) is 5.69 Å². The maximum atomic E-state index is 12.4. The van der Waals surface area contributed by atoms with Gasteiger partial charge < -0.3 is 16.2 Å². The van der Waals surface area contributed by atoms with Gasteiger partial charge in [0.1, 0.15) is 5.82 Å². The summed E-state index contributed by atoms with van der Waals surface area (Å²) in [5.74, 6) is -0.422. The predicted molar refractivity (Wildman–Crippen MR) is 156 cm³/mol. The van der Waals surface area contributed by atoms with Crippen LogP contribution < -0.4 is 16.6 Å². The molecule has 1 fully saturated rings. The second kappa shape index (κ2) is 15.4. The van der Waals surface area contributed by atoms with E-state index in [1.54, 1.807) is 44.3 Å². The number of aryl methyl sites for hydroxylation is 1. The van der Waals surface area contributed by atoms with Gasteiger partial charge in [0.2, 0.25) is 0 Å². The van der Waals surface area contributed by atoms with Crippen molar-refractivity contribution in [3.05, 3.63) is 68.7 Å². The van der Waals surface area contributed by atoms with Crippen molar-refractivity contribution in [3.63, 3.8) is 0 Å². The van der Waals surface area contributed by atoms with E-state index >= 15 is 0 Å². The lowest BCUT2D eigenvalue weighted by atomic mass is 9.67. The van der Waals surface area contributed by atoms with Crippen LogP contribution in [0.3, 0.4) is 0 Å². The monoisotopic (exact) mass is 530 g/mol. The number of nitrogens with zero attached hydrogens (tertiary/aromatic N) is 2. The lowest BCUT2D eigenvalue weighted by Gasteiger charge is -2.40. The first-order valence-corrected chi connectivity index (χ1v) is 13.5. The lowest BCUT2D eigenvalue weighted by Crippen LogP contribution is -2.36. The molecule has 0 amide bonds. The van der Waals surface area contributed by atoms with Crippen molar-refractivity contribution in [2.24, 2.45) is 18.2 Å². The van der Waals surface area contributed by atoms with Gasteiger partial charge in [0.05, 0.1) is 16.5 Å². The quantitative estimate of drug-likeness (QED) is 0.324. The molecule has 4 N–H and O–H groups in total. The summed E-state index contributed by atoms with van der Waals surface area (Å²) in [5.41, 5.74) is 7.94. The van der Waals surface area contributed by atoms with Gasteiger partial charge in [-0.15, -0.1) is 0 Å². The van der Waals surface area contributed by atoms with Crippen molar-refractivity contribution < 1.29 is 9.90 Å². The van der Waals surface area contributed by atoms with Crippen LogP contribution in [-0.4, -0.2) is 27.2 Å². The zero-order chi connectivity index (χ0) is 28.2. The lowest BCUT2D eigenvalue weighted by molar-refractivity contribution is 0.0698. The average Bonchev–Trinajstić information content (AvgIpc) is 2.89. The molecule has 204 valence electrons. The summed E-state index contributed by atoms with van der Waals surface area (Å²) in [6.45, 7) is 13.2. The normalized spacial score (nSPS) is 13.0. The Balaban J connectivity index is 0.000000478. The zero-order valence-corrected chi connectivity index (χ0v) is 24.1. The van der Waals surface area contributed by atoms with Crippen LogP contribution in [0.15, 0.2) is 41.2 Å². The smallest absolute Gasteiger partial charge is 0.337 e. The summed E-state index contributed by atoms with van der Waals surface area (Å²) in [7, 11) is 1.66. The van der Waals surface area contributed by atoms with E-state index in [1.807, 2.05) is 27.7 Å². The number of nitrogens with two attached hydrogens (primary N) is 1. The molecule has 1 aliphatic rings. The molecule has 1 saturated carbocycles. The van der Waals surface area contributed by atoms with Crippen molar-refractivity contribution in [1.29, 1.82) is 0 Å². The Morgan fingerprint density at radius 3 is 2.30 bits per heavy atom. The van der Waals surface area contributed by atoms with Crippen LogP contribution in [0.1, 0.15) is 82.0 Å². The molecule has 2 aromatic carbocycles. The molecule has 0 radical (unpaired) electrons. The van der Waals surface area contributed by atoms with E-state index in [2.05, 4.69) is 17.2 Å². The number of carboxylic acid groups (broad SMARTS) is 1. The fraction of sp³-hybridized carbons (Fsp3) is 0.483. The van der Waals surface area contributed by atoms with Crippen LogP contribution in [0.2, 0.25) is 5.02 Å². The van der Waals surface area contributed by atoms with E-state index in [-0.39, 0.29) is 11.1 Å². The average molecular weight is 531 g/mol. The summed E-state index contributed by atoms with van der Waals surface area (Å²) >= 11 is 6.15. The van der Waals surface area contributed by atoms with Gasteiger partial charge in [-0.3, -0.25) is 9.36 Å². The molecule has 8 heteroatoms. The minimum atomic E-state index is -1.01. The fourth-order valence-corrected chi connectivity index (χ4v) is 4.28. The van der Waals surface area contributed by atoms with Crippen molar-refractivity contribution >= 4 is 34.2 Å². The first-order chi connectivity index (χ1) is 17.7. The van der Waals surface area contributed by atoms with Crippen LogP contribution in [0, 0.1) is 12.3 Å². The number of halogens is 1. The molecule has 0 bridgehead atoms. The number of anilines is 1. The minimum Gasteiger partial charge on any atom is -0.478 e. The molecule has 1 aliphatic carbocycles. The van der Waals surface area contributed by atoms with E-state index in [9.17, 15) is 14.7 Å². The SMILES string of the molecule is CC.CC.CCC1(CN)CCC1.Cc1nc2c(CNc3ccccc3C(=O)O)cc(Cl)cc2c(=O)n1C. The number of fused-ring (bicyclic) bond motifs is 1. The highest BCUT2D eigenvalue weighted by Crippen LogP contribution is 2.42. The largest absolute Gasteiger partial charge is 0.478 e. The third kappa shape index (κ3) is 8.04. The third-order valence-electron chi connectivity index (χ3n) is 6.67.